The lowest BCUT2D eigenvalue weighted by Crippen LogP contribution is -2.37. The van der Waals surface area contributed by atoms with Gasteiger partial charge in [0.2, 0.25) is 5.89 Å². The summed E-state index contributed by atoms with van der Waals surface area (Å²) in [6.07, 6.45) is 1.65. The van der Waals surface area contributed by atoms with Gasteiger partial charge in [-0.25, -0.2) is 0 Å². The minimum Gasteiger partial charge on any atom is -0.381 e. The molecule has 5 nitrogen and oxygen atoms in total. The Hall–Kier alpha value is -0.940. The summed E-state index contributed by atoms with van der Waals surface area (Å²) >= 11 is 0. The Morgan fingerprint density at radius 2 is 2.18 bits per heavy atom. The van der Waals surface area contributed by atoms with Crippen LogP contribution in [-0.2, 0) is 11.2 Å². The zero-order valence-corrected chi connectivity index (χ0v) is 10.8. The van der Waals surface area contributed by atoms with Gasteiger partial charge in [-0.3, -0.25) is 0 Å². The van der Waals surface area contributed by atoms with Crippen LogP contribution in [0.2, 0.25) is 0 Å². The molecule has 1 saturated heterocycles. The number of nitrogens with zero attached hydrogens (tertiary/aromatic N) is 2. The summed E-state index contributed by atoms with van der Waals surface area (Å²) in [6.45, 7) is 7.76. The Bertz CT molecular complexity index is 370. The highest BCUT2D eigenvalue weighted by molar-refractivity contribution is 5.01. The van der Waals surface area contributed by atoms with E-state index in [4.69, 9.17) is 15.0 Å². The Morgan fingerprint density at radius 3 is 2.82 bits per heavy atom. The second-order valence-electron chi connectivity index (χ2n) is 5.92. The van der Waals surface area contributed by atoms with Gasteiger partial charge in [-0.15, -0.1) is 0 Å². The molecule has 0 aliphatic carbocycles. The maximum atomic E-state index is 6.04. The number of hydrogen-bond donors (Lipinski definition) is 1. The van der Waals surface area contributed by atoms with Gasteiger partial charge in [-0.2, -0.15) is 4.98 Å². The van der Waals surface area contributed by atoms with Crippen molar-refractivity contribution in [3.8, 4) is 0 Å². The van der Waals surface area contributed by atoms with Gasteiger partial charge >= 0.3 is 0 Å². The Morgan fingerprint density at radius 1 is 1.41 bits per heavy atom. The zero-order valence-electron chi connectivity index (χ0n) is 10.8. The van der Waals surface area contributed by atoms with E-state index in [1.165, 1.54) is 0 Å². The fourth-order valence-electron chi connectivity index (χ4n) is 1.97. The number of aromatic nitrogens is 2. The zero-order chi connectivity index (χ0) is 12.5. The van der Waals surface area contributed by atoms with Gasteiger partial charge in [0.05, 0.1) is 12.5 Å². The first-order valence-electron chi connectivity index (χ1n) is 6.11. The maximum absolute atomic E-state index is 6.04. The van der Waals surface area contributed by atoms with E-state index in [0.29, 0.717) is 12.5 Å². The molecule has 2 unspecified atom stereocenters. The van der Waals surface area contributed by atoms with Crippen molar-refractivity contribution >= 4 is 0 Å². The molecule has 17 heavy (non-hydrogen) atoms. The van der Waals surface area contributed by atoms with Gasteiger partial charge in [0, 0.05) is 19.1 Å². The fraction of sp³-hybridized carbons (Fsp3) is 0.833. The molecule has 1 fully saturated rings. The van der Waals surface area contributed by atoms with Crippen molar-refractivity contribution < 1.29 is 9.26 Å². The average Bonchev–Trinajstić information content (AvgIpc) is 2.64. The first kappa shape index (κ1) is 12.5. The molecule has 1 aliphatic heterocycles. The van der Waals surface area contributed by atoms with Crippen molar-refractivity contribution in [1.82, 2.24) is 10.1 Å². The van der Waals surface area contributed by atoms with Crippen LogP contribution in [0.15, 0.2) is 4.52 Å². The number of nitrogens with two attached hydrogens (primary N) is 1. The maximum Gasteiger partial charge on any atom is 0.233 e. The van der Waals surface area contributed by atoms with Crippen LogP contribution >= 0.6 is 0 Å². The summed E-state index contributed by atoms with van der Waals surface area (Å²) in [7, 11) is 0. The van der Waals surface area contributed by atoms with Gasteiger partial charge in [-0.1, -0.05) is 25.9 Å². The van der Waals surface area contributed by atoms with Crippen molar-refractivity contribution in [2.45, 2.75) is 45.6 Å². The Labute approximate surface area is 102 Å². The van der Waals surface area contributed by atoms with E-state index in [-0.39, 0.29) is 17.4 Å². The van der Waals surface area contributed by atoms with Crippen LogP contribution in [0.3, 0.4) is 0 Å². The number of hydrogen-bond acceptors (Lipinski definition) is 5. The number of rotatable bonds is 2. The smallest absolute Gasteiger partial charge is 0.233 e. The molecule has 2 N–H and O–H groups in total. The standard InChI is InChI=1S/C12H21N3O2/c1-12(2,3)6-10-14-11(17-15-10)8-7-16-5-4-9(8)13/h8-9H,4-7,13H2,1-3H3. The van der Waals surface area contributed by atoms with Crippen molar-refractivity contribution in [3.05, 3.63) is 11.7 Å². The molecule has 0 saturated carbocycles. The third-order valence-electron chi connectivity index (χ3n) is 2.90. The average molecular weight is 239 g/mol. The van der Waals surface area contributed by atoms with Crippen molar-refractivity contribution in [2.75, 3.05) is 13.2 Å². The molecule has 0 amide bonds. The predicted molar refractivity (Wildman–Crippen MR) is 63.6 cm³/mol. The second-order valence-corrected chi connectivity index (χ2v) is 5.92. The third kappa shape index (κ3) is 3.26. The molecule has 0 aromatic carbocycles. The van der Waals surface area contributed by atoms with Crippen LogP contribution in [0.5, 0.6) is 0 Å². The van der Waals surface area contributed by atoms with Crippen LogP contribution in [-0.4, -0.2) is 29.4 Å². The van der Waals surface area contributed by atoms with Crippen molar-refractivity contribution in [1.29, 1.82) is 0 Å². The van der Waals surface area contributed by atoms with Crippen LogP contribution in [0.25, 0.3) is 0 Å². The molecule has 2 heterocycles. The lowest BCUT2D eigenvalue weighted by Gasteiger charge is -2.25. The predicted octanol–water partition coefficient (Wildman–Crippen LogP) is 1.49. The molecule has 1 aliphatic rings. The number of ether oxygens (including phenoxy) is 1. The van der Waals surface area contributed by atoms with Gasteiger partial charge < -0.3 is 15.0 Å². The molecule has 0 bridgehead atoms. The topological polar surface area (TPSA) is 74.2 Å². The highest BCUT2D eigenvalue weighted by Gasteiger charge is 2.29. The van der Waals surface area contributed by atoms with E-state index >= 15 is 0 Å². The highest BCUT2D eigenvalue weighted by Crippen LogP contribution is 2.25. The fourth-order valence-corrected chi connectivity index (χ4v) is 1.97. The molecule has 0 spiro atoms. The summed E-state index contributed by atoms with van der Waals surface area (Å²) in [5.74, 6) is 1.42. The van der Waals surface area contributed by atoms with E-state index in [2.05, 4.69) is 30.9 Å². The quantitative estimate of drug-likeness (QED) is 0.846. The van der Waals surface area contributed by atoms with Gasteiger partial charge in [-0.05, 0) is 11.8 Å². The molecule has 5 heteroatoms. The minimum atomic E-state index is 0.0463. The second kappa shape index (κ2) is 4.74. The van der Waals surface area contributed by atoms with E-state index in [9.17, 15) is 0 Å². The third-order valence-corrected chi connectivity index (χ3v) is 2.90. The highest BCUT2D eigenvalue weighted by atomic mass is 16.5. The summed E-state index contributed by atoms with van der Waals surface area (Å²) in [5, 5.41) is 4.01. The van der Waals surface area contributed by atoms with Crippen molar-refractivity contribution in [3.63, 3.8) is 0 Å². The monoisotopic (exact) mass is 239 g/mol. The summed E-state index contributed by atoms with van der Waals surface area (Å²) in [4.78, 5) is 4.43. The molecule has 2 rings (SSSR count). The van der Waals surface area contributed by atoms with E-state index in [1.807, 2.05) is 0 Å². The van der Waals surface area contributed by atoms with Gasteiger partial charge in [0.25, 0.3) is 0 Å². The molecular formula is C12H21N3O2. The largest absolute Gasteiger partial charge is 0.381 e. The van der Waals surface area contributed by atoms with Crippen LogP contribution < -0.4 is 5.73 Å². The lowest BCUT2D eigenvalue weighted by molar-refractivity contribution is 0.0590. The normalized spacial score (nSPS) is 26.1. The van der Waals surface area contributed by atoms with Crippen molar-refractivity contribution in [2.24, 2.45) is 11.1 Å². The minimum absolute atomic E-state index is 0.0463. The molecule has 0 radical (unpaired) electrons. The Kier molecular flexibility index (Phi) is 3.49. The SMILES string of the molecule is CC(C)(C)Cc1noc(C2COCCC2N)n1. The van der Waals surface area contributed by atoms with Crippen LogP contribution in [0, 0.1) is 5.41 Å². The summed E-state index contributed by atoms with van der Waals surface area (Å²) < 4.78 is 10.7. The van der Waals surface area contributed by atoms with Gasteiger partial charge in [0.15, 0.2) is 5.82 Å². The van der Waals surface area contributed by atoms with Gasteiger partial charge in [0.1, 0.15) is 0 Å². The first-order valence-corrected chi connectivity index (χ1v) is 6.11. The first-order chi connectivity index (χ1) is 7.96. The molecule has 2 atom stereocenters. The van der Waals surface area contributed by atoms with E-state index in [0.717, 1.165) is 25.3 Å². The van der Waals surface area contributed by atoms with E-state index in [1.54, 1.807) is 0 Å². The lowest BCUT2D eigenvalue weighted by atomic mass is 9.92. The Balaban J connectivity index is 2.07. The molecule has 1 aromatic heterocycles. The molecular weight excluding hydrogens is 218 g/mol. The van der Waals surface area contributed by atoms with Crippen LogP contribution in [0.1, 0.15) is 44.8 Å². The molecule has 96 valence electrons. The summed E-state index contributed by atoms with van der Waals surface area (Å²) in [6, 6.07) is 0.0617. The summed E-state index contributed by atoms with van der Waals surface area (Å²) in [5.41, 5.74) is 6.20. The molecule has 1 aromatic rings. The van der Waals surface area contributed by atoms with E-state index < -0.39 is 0 Å². The van der Waals surface area contributed by atoms with Crippen LogP contribution in [0.4, 0.5) is 0 Å².